The number of aliphatic hydroxyl groups is 3. The van der Waals surface area contributed by atoms with E-state index in [2.05, 4.69) is 6.92 Å². The molecule has 0 aromatic rings. The summed E-state index contributed by atoms with van der Waals surface area (Å²) < 4.78 is 6.17. The molecule has 7 atom stereocenters. The molecule has 0 aromatic carbocycles. The van der Waals surface area contributed by atoms with Crippen molar-refractivity contribution in [2.24, 2.45) is 29.1 Å². The van der Waals surface area contributed by atoms with Gasteiger partial charge in [-0.2, -0.15) is 0 Å². The van der Waals surface area contributed by atoms with Gasteiger partial charge in [-0.3, -0.25) is 9.59 Å². The lowest BCUT2D eigenvalue weighted by atomic mass is 9.60. The molecule has 0 heterocycles. The lowest BCUT2D eigenvalue weighted by Gasteiger charge is -2.50. The van der Waals surface area contributed by atoms with E-state index < -0.39 is 51.7 Å². The van der Waals surface area contributed by atoms with Crippen molar-refractivity contribution in [1.82, 2.24) is 0 Å². The minimum Gasteiger partial charge on any atom is -0.455 e. The zero-order valence-electron chi connectivity index (χ0n) is 26.5. The number of unbranched alkanes of at least 4 members (excludes halogenated alkanes) is 5. The lowest BCUT2D eigenvalue weighted by Crippen LogP contribution is -2.61. The van der Waals surface area contributed by atoms with Crippen LogP contribution in [0.4, 0.5) is 0 Å². The number of fused-ring (bicyclic) bond motifs is 5. The van der Waals surface area contributed by atoms with Gasteiger partial charge in [0.1, 0.15) is 11.2 Å². The maximum Gasteiger partial charge on any atom is 0.331 e. The molecule has 7 heteroatoms. The number of carbonyl (C=O) groups is 3. The van der Waals surface area contributed by atoms with E-state index in [-0.39, 0.29) is 24.7 Å². The van der Waals surface area contributed by atoms with E-state index >= 15 is 0 Å². The number of carbonyl (C=O) groups excluding carboxylic acids is 3. The smallest absolute Gasteiger partial charge is 0.331 e. The first kappa shape index (κ1) is 33.3. The number of allylic oxidation sites excluding steroid dienone is 5. The Bertz CT molecular complexity index is 1250. The third-order valence-corrected chi connectivity index (χ3v) is 10.8. The predicted molar refractivity (Wildman–Crippen MR) is 166 cm³/mol. The number of aliphatic hydroxyl groups excluding tert-OH is 1. The number of hydrogen-bond acceptors (Lipinski definition) is 7. The molecule has 0 spiro atoms. The van der Waals surface area contributed by atoms with E-state index in [1.807, 2.05) is 26.8 Å². The molecule has 43 heavy (non-hydrogen) atoms. The van der Waals surface area contributed by atoms with Gasteiger partial charge in [0, 0.05) is 42.1 Å². The second-order valence-electron chi connectivity index (χ2n) is 13.9. The van der Waals surface area contributed by atoms with Crippen LogP contribution < -0.4 is 0 Å². The van der Waals surface area contributed by atoms with Gasteiger partial charge in [0.25, 0.3) is 0 Å². The Morgan fingerprint density at radius 1 is 1.00 bits per heavy atom. The largest absolute Gasteiger partial charge is 0.455 e. The first-order chi connectivity index (χ1) is 20.3. The van der Waals surface area contributed by atoms with Gasteiger partial charge < -0.3 is 20.1 Å². The molecule has 0 amide bonds. The molecule has 0 aliphatic heterocycles. The van der Waals surface area contributed by atoms with Gasteiger partial charge in [-0.05, 0) is 42.9 Å². The van der Waals surface area contributed by atoms with E-state index in [0.29, 0.717) is 24.0 Å². The summed E-state index contributed by atoms with van der Waals surface area (Å²) in [5.41, 5.74) is -3.65. The Labute approximate surface area is 256 Å². The zero-order chi connectivity index (χ0) is 31.6. The first-order valence-electron chi connectivity index (χ1n) is 16.0. The number of esters is 1. The highest BCUT2D eigenvalue weighted by Crippen LogP contribution is 2.76. The number of ketones is 2. The van der Waals surface area contributed by atoms with Crippen LogP contribution in [-0.2, 0) is 19.1 Å². The number of ether oxygens (including phenoxy) is 1. The molecule has 4 aliphatic carbocycles. The maximum atomic E-state index is 13.1. The molecule has 236 valence electrons. The molecule has 0 radical (unpaired) electrons. The normalized spacial score (nSPS) is 36.2. The number of hydrogen-bond donors (Lipinski definition) is 3. The Balaban J connectivity index is 1.41. The zero-order valence-corrected chi connectivity index (χ0v) is 26.5. The number of rotatable bonds is 13. The Hall–Kier alpha value is -2.61. The Morgan fingerprint density at radius 2 is 1.65 bits per heavy atom. The van der Waals surface area contributed by atoms with Crippen molar-refractivity contribution < 1.29 is 34.4 Å². The minimum atomic E-state index is -1.81. The molecule has 0 saturated heterocycles. The van der Waals surface area contributed by atoms with Crippen molar-refractivity contribution >= 4 is 17.5 Å². The van der Waals surface area contributed by atoms with Gasteiger partial charge in [0.05, 0.1) is 12.2 Å². The van der Waals surface area contributed by atoms with E-state index in [1.165, 1.54) is 31.8 Å². The van der Waals surface area contributed by atoms with Crippen LogP contribution in [0, 0.1) is 29.1 Å². The van der Waals surface area contributed by atoms with E-state index in [1.54, 1.807) is 43.4 Å². The average molecular weight is 595 g/mol. The second-order valence-corrected chi connectivity index (χ2v) is 13.9. The van der Waals surface area contributed by atoms with E-state index in [0.717, 1.165) is 12.8 Å². The van der Waals surface area contributed by atoms with Crippen LogP contribution in [0.15, 0.2) is 59.8 Å². The summed E-state index contributed by atoms with van der Waals surface area (Å²) in [6.07, 6.45) is 20.8. The van der Waals surface area contributed by atoms with Gasteiger partial charge in [-0.25, -0.2) is 4.79 Å². The first-order valence-corrected chi connectivity index (χ1v) is 16.0. The molecule has 4 rings (SSSR count). The topological polar surface area (TPSA) is 121 Å². The third kappa shape index (κ3) is 5.93. The molecule has 3 N–H and O–H groups in total. The average Bonchev–Trinajstić information content (AvgIpc) is 3.36. The highest BCUT2D eigenvalue weighted by atomic mass is 16.6. The van der Waals surface area contributed by atoms with Crippen molar-refractivity contribution in [2.45, 2.75) is 109 Å². The van der Waals surface area contributed by atoms with Crippen LogP contribution in [0.1, 0.15) is 92.4 Å². The fourth-order valence-corrected chi connectivity index (χ4v) is 8.40. The minimum absolute atomic E-state index is 0.0412. The van der Waals surface area contributed by atoms with E-state index in [4.69, 9.17) is 4.74 Å². The van der Waals surface area contributed by atoms with Crippen molar-refractivity contribution in [3.63, 3.8) is 0 Å². The molecular formula is C36H50O7. The van der Waals surface area contributed by atoms with Crippen molar-refractivity contribution in [3.8, 4) is 0 Å². The van der Waals surface area contributed by atoms with Gasteiger partial charge in [0.15, 0.2) is 11.6 Å². The Morgan fingerprint density at radius 3 is 2.33 bits per heavy atom. The summed E-state index contributed by atoms with van der Waals surface area (Å²) in [6, 6.07) is 0. The highest BCUT2D eigenvalue weighted by Gasteiger charge is 2.83. The molecule has 2 saturated carbocycles. The molecular weight excluding hydrogens is 544 g/mol. The van der Waals surface area contributed by atoms with Crippen LogP contribution in [0.5, 0.6) is 0 Å². The standard InChI is InChI=1S/C36H50O7/c1-6-7-8-9-10-13-16-27(38)17-14-11-12-15-18-30(39)43-35-21-25(3)36(42)28(31(35)33(35,4)5)20-26(23-37)22-34(41)29(36)19-24(2)32(34)40/h11-12,14-15,17-20,25,28-29,31,37,41-42H,6-10,13,16,21-23H2,1-5H3/b12-11+,17-14+,18-15+/t25-,28+,29-,31-,34-,35+,36-/m1/s1. The summed E-state index contributed by atoms with van der Waals surface area (Å²) in [5.74, 6) is -2.84. The number of Topliss-reactive ketones (excluding diaryl/α,β-unsaturated/α-hetero) is 1. The summed E-state index contributed by atoms with van der Waals surface area (Å²) in [5, 5.41) is 34.1. The van der Waals surface area contributed by atoms with E-state index in [9.17, 15) is 29.7 Å². The molecule has 0 unspecified atom stereocenters. The predicted octanol–water partition coefficient (Wildman–Crippen LogP) is 5.50. The molecule has 0 bridgehead atoms. The monoisotopic (exact) mass is 594 g/mol. The van der Waals surface area contributed by atoms with Crippen LogP contribution in [0.25, 0.3) is 0 Å². The molecule has 4 aliphatic rings. The molecule has 2 fully saturated rings. The quantitative estimate of drug-likeness (QED) is 0.0847. The van der Waals surface area contributed by atoms with Crippen LogP contribution >= 0.6 is 0 Å². The van der Waals surface area contributed by atoms with Crippen molar-refractivity contribution in [2.75, 3.05) is 6.61 Å². The fourth-order valence-electron chi connectivity index (χ4n) is 8.40. The van der Waals surface area contributed by atoms with Crippen molar-refractivity contribution in [3.05, 3.63) is 59.8 Å². The van der Waals surface area contributed by atoms with Gasteiger partial charge in [-0.15, -0.1) is 0 Å². The second kappa shape index (κ2) is 12.8. The summed E-state index contributed by atoms with van der Waals surface area (Å²) in [4.78, 5) is 38.1. The van der Waals surface area contributed by atoms with Crippen LogP contribution in [-0.4, -0.2) is 56.3 Å². The van der Waals surface area contributed by atoms with Crippen LogP contribution in [0.2, 0.25) is 0 Å². The van der Waals surface area contributed by atoms with Crippen molar-refractivity contribution in [1.29, 1.82) is 0 Å². The van der Waals surface area contributed by atoms with Gasteiger partial charge in [-0.1, -0.05) is 96.3 Å². The fraction of sp³-hybridized carbons (Fsp3) is 0.639. The summed E-state index contributed by atoms with van der Waals surface area (Å²) in [7, 11) is 0. The highest BCUT2D eigenvalue weighted by molar-refractivity contribution is 6.04. The summed E-state index contributed by atoms with van der Waals surface area (Å²) in [6.45, 7) is 9.42. The van der Waals surface area contributed by atoms with Crippen LogP contribution in [0.3, 0.4) is 0 Å². The molecule has 0 aromatic heterocycles. The third-order valence-electron chi connectivity index (χ3n) is 10.8. The lowest BCUT2D eigenvalue weighted by molar-refractivity contribution is -0.185. The Kier molecular flexibility index (Phi) is 9.90. The SMILES string of the molecule is CCCCCCCCC(=O)/C=C/C=C/C=C/C(=O)O[C@@]12C[C@@H](C)[C@@]3(O)[C@@H](C=C(CO)C[C@]4(O)C(=O)C(C)=C[C@@H]34)[C@@H]1C2(C)C. The van der Waals surface area contributed by atoms with Gasteiger partial charge in [0.2, 0.25) is 0 Å². The maximum absolute atomic E-state index is 13.1. The molecule has 7 nitrogen and oxygen atoms in total. The van der Waals surface area contributed by atoms with Gasteiger partial charge >= 0.3 is 5.97 Å². The summed E-state index contributed by atoms with van der Waals surface area (Å²) >= 11 is 0.